The predicted molar refractivity (Wildman–Crippen MR) is 104 cm³/mol. The van der Waals surface area contributed by atoms with Crippen LogP contribution in [0.25, 0.3) is 0 Å². The van der Waals surface area contributed by atoms with Crippen LogP contribution in [0.4, 0.5) is 5.69 Å². The van der Waals surface area contributed by atoms with Crippen molar-refractivity contribution in [3.05, 3.63) is 94.5 Å². The van der Waals surface area contributed by atoms with Crippen LogP contribution < -0.4 is 10.1 Å². The molecule has 0 spiro atoms. The first-order chi connectivity index (χ1) is 12.7. The van der Waals surface area contributed by atoms with E-state index in [1.54, 1.807) is 0 Å². The average molecular weight is 364 g/mol. The molecule has 1 N–H and O–H groups in total. The van der Waals surface area contributed by atoms with E-state index in [1.807, 2.05) is 72.8 Å². The number of rotatable bonds is 4. The molecule has 0 radical (unpaired) electrons. The van der Waals surface area contributed by atoms with E-state index in [-0.39, 0.29) is 11.8 Å². The van der Waals surface area contributed by atoms with Crippen LogP contribution >= 0.6 is 11.6 Å². The van der Waals surface area contributed by atoms with Crippen molar-refractivity contribution in [3.63, 3.8) is 0 Å². The first kappa shape index (κ1) is 16.7. The van der Waals surface area contributed by atoms with Crippen LogP contribution in [0.2, 0.25) is 5.02 Å². The van der Waals surface area contributed by atoms with Crippen molar-refractivity contribution >= 4 is 23.1 Å². The van der Waals surface area contributed by atoms with Gasteiger partial charge in [-0.05, 0) is 35.4 Å². The number of hydrogen-bond donors (Lipinski definition) is 1. The molecular weight excluding hydrogens is 346 g/mol. The molecule has 1 aliphatic heterocycles. The standard InChI is InChI=1S/C22H18ClNO2/c23-18-12-16(10-11-22(18)26-14-15-6-2-1-3-7-15)20-13-21(25)17-8-4-5-9-19(17)24-20/h1-12,20,24H,13-14H2. The van der Waals surface area contributed by atoms with Gasteiger partial charge in [-0.25, -0.2) is 0 Å². The Hall–Kier alpha value is -2.78. The van der Waals surface area contributed by atoms with Crippen LogP contribution in [0.15, 0.2) is 72.8 Å². The Balaban J connectivity index is 1.50. The molecule has 0 aliphatic carbocycles. The van der Waals surface area contributed by atoms with Crippen LogP contribution in [0.3, 0.4) is 0 Å². The Labute approximate surface area is 157 Å². The molecule has 4 rings (SSSR count). The topological polar surface area (TPSA) is 38.3 Å². The summed E-state index contributed by atoms with van der Waals surface area (Å²) < 4.78 is 5.82. The number of para-hydroxylation sites is 1. The molecule has 26 heavy (non-hydrogen) atoms. The van der Waals surface area contributed by atoms with Gasteiger partial charge >= 0.3 is 0 Å². The first-order valence-electron chi connectivity index (χ1n) is 8.55. The second-order valence-electron chi connectivity index (χ2n) is 6.33. The van der Waals surface area contributed by atoms with Gasteiger partial charge in [0.1, 0.15) is 12.4 Å². The summed E-state index contributed by atoms with van der Waals surface area (Å²) in [4.78, 5) is 12.4. The zero-order chi connectivity index (χ0) is 17.9. The highest BCUT2D eigenvalue weighted by Gasteiger charge is 2.25. The van der Waals surface area contributed by atoms with E-state index < -0.39 is 0 Å². The molecule has 3 aromatic carbocycles. The molecule has 1 aliphatic rings. The number of nitrogens with one attached hydrogen (secondary N) is 1. The number of ether oxygens (including phenoxy) is 1. The Kier molecular flexibility index (Phi) is 4.63. The summed E-state index contributed by atoms with van der Waals surface area (Å²) in [6.07, 6.45) is 0.414. The maximum atomic E-state index is 12.4. The van der Waals surface area contributed by atoms with Crippen molar-refractivity contribution in [3.8, 4) is 5.75 Å². The summed E-state index contributed by atoms with van der Waals surface area (Å²) in [5.74, 6) is 0.784. The van der Waals surface area contributed by atoms with Crippen LogP contribution in [0.1, 0.15) is 33.9 Å². The highest BCUT2D eigenvalue weighted by Crippen LogP contribution is 2.35. The monoisotopic (exact) mass is 363 g/mol. The second kappa shape index (κ2) is 7.22. The van der Waals surface area contributed by atoms with E-state index in [4.69, 9.17) is 16.3 Å². The fourth-order valence-electron chi connectivity index (χ4n) is 3.17. The molecule has 0 saturated carbocycles. The maximum absolute atomic E-state index is 12.4. The summed E-state index contributed by atoms with van der Waals surface area (Å²) in [6.45, 7) is 0.466. The average Bonchev–Trinajstić information content (AvgIpc) is 2.68. The van der Waals surface area contributed by atoms with E-state index in [9.17, 15) is 4.79 Å². The van der Waals surface area contributed by atoms with Gasteiger partial charge in [-0.3, -0.25) is 4.79 Å². The fraction of sp³-hybridized carbons (Fsp3) is 0.136. The number of anilines is 1. The molecule has 1 heterocycles. The van der Waals surface area contributed by atoms with Gasteiger partial charge in [-0.1, -0.05) is 60.1 Å². The molecule has 3 nitrogen and oxygen atoms in total. The molecule has 0 fully saturated rings. The third-order valence-corrected chi connectivity index (χ3v) is 4.84. The number of halogens is 1. The van der Waals surface area contributed by atoms with Gasteiger partial charge in [0.2, 0.25) is 0 Å². The van der Waals surface area contributed by atoms with Gasteiger partial charge in [-0.15, -0.1) is 0 Å². The summed E-state index contributed by atoms with van der Waals surface area (Å²) in [6, 6.07) is 23.2. The SMILES string of the molecule is O=C1CC(c2ccc(OCc3ccccc3)c(Cl)c2)Nc2ccccc21. The second-order valence-corrected chi connectivity index (χ2v) is 6.74. The largest absolute Gasteiger partial charge is 0.487 e. The minimum atomic E-state index is -0.0851. The molecule has 0 saturated heterocycles. The number of ketones is 1. The number of carbonyl (C=O) groups is 1. The third kappa shape index (κ3) is 3.44. The predicted octanol–water partition coefficient (Wildman–Crippen LogP) is 5.66. The molecular formula is C22H18ClNO2. The van der Waals surface area contributed by atoms with Crippen LogP contribution in [-0.4, -0.2) is 5.78 Å². The number of carbonyl (C=O) groups excluding carboxylic acids is 1. The number of fused-ring (bicyclic) bond motifs is 1. The Morgan fingerprint density at radius 1 is 1.00 bits per heavy atom. The lowest BCUT2D eigenvalue weighted by molar-refractivity contribution is 0.0972. The number of Topliss-reactive ketones (excluding diaryl/α,β-unsaturated/α-hetero) is 1. The molecule has 0 amide bonds. The van der Waals surface area contributed by atoms with E-state index in [0.717, 1.165) is 22.4 Å². The van der Waals surface area contributed by atoms with Crippen molar-refractivity contribution < 1.29 is 9.53 Å². The fourth-order valence-corrected chi connectivity index (χ4v) is 3.42. The highest BCUT2D eigenvalue weighted by molar-refractivity contribution is 6.32. The minimum absolute atomic E-state index is 0.0851. The normalized spacial score (nSPS) is 15.9. The van der Waals surface area contributed by atoms with Gasteiger partial charge in [0.05, 0.1) is 11.1 Å². The summed E-state index contributed by atoms with van der Waals surface area (Å²) >= 11 is 6.41. The minimum Gasteiger partial charge on any atom is -0.487 e. The summed E-state index contributed by atoms with van der Waals surface area (Å²) in [7, 11) is 0. The summed E-state index contributed by atoms with van der Waals surface area (Å²) in [5, 5.41) is 3.98. The number of benzene rings is 3. The lowest BCUT2D eigenvalue weighted by Gasteiger charge is -2.26. The lowest BCUT2D eigenvalue weighted by atomic mass is 9.92. The Bertz CT molecular complexity index is 940. The van der Waals surface area contributed by atoms with Crippen molar-refractivity contribution in [2.24, 2.45) is 0 Å². The van der Waals surface area contributed by atoms with Crippen molar-refractivity contribution in [1.29, 1.82) is 0 Å². The number of hydrogen-bond acceptors (Lipinski definition) is 3. The van der Waals surface area contributed by atoms with E-state index in [1.165, 1.54) is 0 Å². The van der Waals surface area contributed by atoms with Crippen molar-refractivity contribution in [2.75, 3.05) is 5.32 Å². The Morgan fingerprint density at radius 2 is 1.77 bits per heavy atom. The van der Waals surface area contributed by atoms with E-state index in [2.05, 4.69) is 5.32 Å². The summed E-state index contributed by atoms with van der Waals surface area (Å²) in [5.41, 5.74) is 3.68. The third-order valence-electron chi connectivity index (χ3n) is 4.54. The van der Waals surface area contributed by atoms with E-state index in [0.29, 0.717) is 23.8 Å². The van der Waals surface area contributed by atoms with Gasteiger partial charge in [0, 0.05) is 17.7 Å². The molecule has 1 unspecified atom stereocenters. The lowest BCUT2D eigenvalue weighted by Crippen LogP contribution is -2.22. The van der Waals surface area contributed by atoms with Crippen LogP contribution in [0, 0.1) is 0 Å². The quantitative estimate of drug-likeness (QED) is 0.650. The molecule has 0 bridgehead atoms. The molecule has 3 aromatic rings. The van der Waals surface area contributed by atoms with Crippen LogP contribution in [-0.2, 0) is 6.61 Å². The van der Waals surface area contributed by atoms with Crippen LogP contribution in [0.5, 0.6) is 5.75 Å². The van der Waals surface area contributed by atoms with Crippen molar-refractivity contribution in [1.82, 2.24) is 0 Å². The van der Waals surface area contributed by atoms with Gasteiger partial charge in [0.15, 0.2) is 5.78 Å². The molecule has 4 heteroatoms. The van der Waals surface area contributed by atoms with Crippen molar-refractivity contribution in [2.45, 2.75) is 19.1 Å². The zero-order valence-electron chi connectivity index (χ0n) is 14.1. The molecule has 0 aromatic heterocycles. The zero-order valence-corrected chi connectivity index (χ0v) is 14.9. The Morgan fingerprint density at radius 3 is 2.58 bits per heavy atom. The van der Waals surface area contributed by atoms with Gasteiger partial charge < -0.3 is 10.1 Å². The van der Waals surface area contributed by atoms with Gasteiger partial charge in [-0.2, -0.15) is 0 Å². The molecule has 130 valence electrons. The molecule has 1 atom stereocenters. The van der Waals surface area contributed by atoms with Gasteiger partial charge in [0.25, 0.3) is 0 Å². The van der Waals surface area contributed by atoms with E-state index >= 15 is 0 Å². The first-order valence-corrected chi connectivity index (χ1v) is 8.93. The maximum Gasteiger partial charge on any atom is 0.167 e. The highest BCUT2D eigenvalue weighted by atomic mass is 35.5. The smallest absolute Gasteiger partial charge is 0.167 e.